The number of halogens is 1. The number of sulfonamides is 1. The smallest absolute Gasteiger partial charge is 0.310 e. The minimum absolute atomic E-state index is 0.000656. The summed E-state index contributed by atoms with van der Waals surface area (Å²) in [5.74, 6) is -0.942. The SMILES string of the molecule is CCOC(=O)[C@H]1CCCC[C@@H]1NS(=O)(=O)c1ccc2c(Cl)cnc(N=C(N)N)c2c1. The monoisotopic (exact) mass is 453 g/mol. The van der Waals surface area contributed by atoms with Crippen molar-refractivity contribution in [2.24, 2.45) is 22.4 Å². The van der Waals surface area contributed by atoms with Crippen LogP contribution in [0.1, 0.15) is 32.6 Å². The second-order valence-corrected chi connectivity index (χ2v) is 9.17. The molecule has 0 spiro atoms. The van der Waals surface area contributed by atoms with E-state index >= 15 is 0 Å². The molecule has 1 aliphatic rings. The van der Waals surface area contributed by atoms with Gasteiger partial charge in [0.05, 0.1) is 22.4 Å². The van der Waals surface area contributed by atoms with Crippen molar-refractivity contribution in [1.29, 1.82) is 0 Å². The van der Waals surface area contributed by atoms with Crippen molar-refractivity contribution in [2.75, 3.05) is 6.61 Å². The number of carbonyl (C=O) groups is 1. The van der Waals surface area contributed by atoms with E-state index in [1.165, 1.54) is 18.3 Å². The number of nitrogens with one attached hydrogen (secondary N) is 1. The van der Waals surface area contributed by atoms with Crippen molar-refractivity contribution in [2.45, 2.75) is 43.5 Å². The fraction of sp³-hybridized carbons (Fsp3) is 0.421. The molecule has 5 N–H and O–H groups in total. The van der Waals surface area contributed by atoms with Gasteiger partial charge in [0.1, 0.15) is 0 Å². The molecule has 3 rings (SSSR count). The standard InChI is InChI=1S/C19H24ClN5O4S/c1-2-29-18(26)13-5-3-4-6-16(13)25-30(27,28)11-7-8-12-14(9-11)17(24-19(21)22)23-10-15(12)20/h7-10,13,16,25H,2-6H2,1H3,(H4,21,22,23,24)/t13-,16-/m0/s1. The summed E-state index contributed by atoms with van der Waals surface area (Å²) in [5.41, 5.74) is 10.9. The summed E-state index contributed by atoms with van der Waals surface area (Å²) in [7, 11) is -3.93. The predicted octanol–water partition coefficient (Wildman–Crippen LogP) is 2.19. The van der Waals surface area contributed by atoms with Crippen LogP contribution in [0.4, 0.5) is 5.82 Å². The van der Waals surface area contributed by atoms with Gasteiger partial charge in [-0.1, -0.05) is 30.5 Å². The molecule has 0 unspecified atom stereocenters. The highest BCUT2D eigenvalue weighted by Gasteiger charge is 2.35. The zero-order chi connectivity index (χ0) is 21.9. The van der Waals surface area contributed by atoms with Crippen LogP contribution < -0.4 is 16.2 Å². The first kappa shape index (κ1) is 22.3. The Kier molecular flexibility index (Phi) is 6.79. The summed E-state index contributed by atoms with van der Waals surface area (Å²) < 4.78 is 34.0. The minimum atomic E-state index is -3.93. The molecule has 2 aromatic rings. The molecule has 0 saturated heterocycles. The van der Waals surface area contributed by atoms with Gasteiger partial charge in [0, 0.05) is 23.0 Å². The van der Waals surface area contributed by atoms with Gasteiger partial charge in [0.15, 0.2) is 11.8 Å². The van der Waals surface area contributed by atoms with Crippen molar-refractivity contribution in [3.8, 4) is 0 Å². The van der Waals surface area contributed by atoms with E-state index in [9.17, 15) is 13.2 Å². The molecule has 0 aliphatic heterocycles. The summed E-state index contributed by atoms with van der Waals surface area (Å²) >= 11 is 6.18. The lowest BCUT2D eigenvalue weighted by Gasteiger charge is -2.30. The van der Waals surface area contributed by atoms with E-state index in [0.29, 0.717) is 28.6 Å². The van der Waals surface area contributed by atoms with Crippen LogP contribution in [0.15, 0.2) is 34.3 Å². The number of fused-ring (bicyclic) bond motifs is 1. The van der Waals surface area contributed by atoms with Gasteiger partial charge in [-0.3, -0.25) is 4.79 Å². The Morgan fingerprint density at radius 2 is 2.03 bits per heavy atom. The van der Waals surface area contributed by atoms with Gasteiger partial charge in [-0.25, -0.2) is 18.1 Å². The maximum absolute atomic E-state index is 13.1. The third kappa shape index (κ3) is 4.82. The molecule has 2 atom stereocenters. The number of aromatic nitrogens is 1. The molecule has 1 aromatic carbocycles. The average Bonchev–Trinajstić information content (AvgIpc) is 2.70. The van der Waals surface area contributed by atoms with E-state index in [4.69, 9.17) is 27.8 Å². The van der Waals surface area contributed by atoms with Gasteiger partial charge >= 0.3 is 5.97 Å². The highest BCUT2D eigenvalue weighted by Crippen LogP contribution is 2.32. The number of benzene rings is 1. The highest BCUT2D eigenvalue weighted by molar-refractivity contribution is 7.89. The predicted molar refractivity (Wildman–Crippen MR) is 115 cm³/mol. The molecule has 9 nitrogen and oxygen atoms in total. The van der Waals surface area contributed by atoms with Gasteiger partial charge in [-0.2, -0.15) is 4.99 Å². The Labute approximate surface area is 179 Å². The molecule has 11 heteroatoms. The molecule has 0 radical (unpaired) electrons. The third-order valence-electron chi connectivity index (χ3n) is 5.00. The second kappa shape index (κ2) is 9.15. The summed E-state index contributed by atoms with van der Waals surface area (Å²) in [4.78, 5) is 20.3. The molecule has 162 valence electrons. The molecule has 1 fully saturated rings. The molecule has 0 bridgehead atoms. The Morgan fingerprint density at radius 1 is 1.30 bits per heavy atom. The van der Waals surface area contributed by atoms with Crippen molar-refractivity contribution in [3.63, 3.8) is 0 Å². The second-order valence-electron chi connectivity index (χ2n) is 7.04. The van der Waals surface area contributed by atoms with Crippen molar-refractivity contribution < 1.29 is 17.9 Å². The molecule has 1 aliphatic carbocycles. The summed E-state index contributed by atoms with van der Waals surface area (Å²) in [5, 5.41) is 1.29. The number of carbonyl (C=O) groups excluding carboxylic acids is 1. The fourth-order valence-corrected chi connectivity index (χ4v) is 5.17. The van der Waals surface area contributed by atoms with E-state index in [0.717, 1.165) is 12.8 Å². The molecule has 1 saturated carbocycles. The highest BCUT2D eigenvalue weighted by atomic mass is 35.5. The lowest BCUT2D eigenvalue weighted by molar-refractivity contribution is -0.149. The normalized spacial score (nSPS) is 19.4. The molecule has 1 heterocycles. The van der Waals surface area contributed by atoms with Crippen LogP contribution in [-0.4, -0.2) is 38.0 Å². The minimum Gasteiger partial charge on any atom is -0.466 e. The first-order valence-electron chi connectivity index (χ1n) is 9.59. The van der Waals surface area contributed by atoms with Crippen molar-refractivity contribution >= 4 is 50.1 Å². The van der Waals surface area contributed by atoms with Gasteiger partial charge in [0.2, 0.25) is 10.0 Å². The topological polar surface area (TPSA) is 150 Å². The number of aliphatic imine (C=N–C) groups is 1. The average molecular weight is 454 g/mol. The molecule has 0 amide bonds. The summed E-state index contributed by atoms with van der Waals surface area (Å²) in [6, 6.07) is 3.90. The van der Waals surface area contributed by atoms with Crippen LogP contribution in [-0.2, 0) is 19.6 Å². The van der Waals surface area contributed by atoms with Crippen LogP contribution in [0, 0.1) is 5.92 Å². The maximum atomic E-state index is 13.1. The van der Waals surface area contributed by atoms with Gasteiger partial charge in [0.25, 0.3) is 0 Å². The Bertz CT molecular complexity index is 1090. The number of nitrogens with zero attached hydrogens (tertiary/aromatic N) is 2. The first-order valence-corrected chi connectivity index (χ1v) is 11.5. The summed E-state index contributed by atoms with van der Waals surface area (Å²) in [6.45, 7) is 1.98. The number of ether oxygens (including phenoxy) is 1. The number of hydrogen-bond acceptors (Lipinski definition) is 6. The van der Waals surface area contributed by atoms with E-state index < -0.39 is 22.0 Å². The number of rotatable bonds is 6. The zero-order valence-corrected chi connectivity index (χ0v) is 18.0. The van der Waals surface area contributed by atoms with E-state index in [1.807, 2.05) is 0 Å². The van der Waals surface area contributed by atoms with Crippen LogP contribution in [0.5, 0.6) is 0 Å². The van der Waals surface area contributed by atoms with Crippen LogP contribution in [0.3, 0.4) is 0 Å². The number of hydrogen-bond donors (Lipinski definition) is 3. The van der Waals surface area contributed by atoms with E-state index in [2.05, 4.69) is 14.7 Å². The lowest BCUT2D eigenvalue weighted by atomic mass is 9.85. The van der Waals surface area contributed by atoms with Crippen LogP contribution in [0.25, 0.3) is 10.8 Å². The molecular formula is C19H24ClN5O4S. The Hall–Kier alpha value is -2.43. The number of nitrogens with two attached hydrogens (primary N) is 2. The third-order valence-corrected chi connectivity index (χ3v) is 6.79. The maximum Gasteiger partial charge on any atom is 0.310 e. The largest absolute Gasteiger partial charge is 0.466 e. The van der Waals surface area contributed by atoms with Gasteiger partial charge in [-0.05, 0) is 31.9 Å². The van der Waals surface area contributed by atoms with Gasteiger partial charge in [-0.15, -0.1) is 0 Å². The number of pyridine rings is 1. The number of esters is 1. The van der Waals surface area contributed by atoms with Crippen LogP contribution in [0.2, 0.25) is 5.02 Å². The van der Waals surface area contributed by atoms with Crippen LogP contribution >= 0.6 is 11.6 Å². The fourth-order valence-electron chi connectivity index (χ4n) is 3.62. The van der Waals surface area contributed by atoms with Gasteiger partial charge < -0.3 is 16.2 Å². The lowest BCUT2D eigenvalue weighted by Crippen LogP contribution is -2.45. The Balaban J connectivity index is 1.97. The quantitative estimate of drug-likeness (QED) is 0.344. The van der Waals surface area contributed by atoms with E-state index in [1.54, 1.807) is 13.0 Å². The molecule has 30 heavy (non-hydrogen) atoms. The molecular weight excluding hydrogens is 430 g/mol. The van der Waals surface area contributed by atoms with Crippen molar-refractivity contribution in [1.82, 2.24) is 9.71 Å². The first-order chi connectivity index (χ1) is 14.2. The zero-order valence-electron chi connectivity index (χ0n) is 16.5. The number of guanidine groups is 1. The Morgan fingerprint density at radius 3 is 2.73 bits per heavy atom. The molecule has 1 aromatic heterocycles. The summed E-state index contributed by atoms with van der Waals surface area (Å²) in [6.07, 6.45) is 4.21. The van der Waals surface area contributed by atoms with Crippen molar-refractivity contribution in [3.05, 3.63) is 29.4 Å². The van der Waals surface area contributed by atoms with E-state index in [-0.39, 0.29) is 29.2 Å².